The number of hydrogen-bond acceptors (Lipinski definition) is 1. The first kappa shape index (κ1) is 10.5. The van der Waals surface area contributed by atoms with Gasteiger partial charge in [0.05, 0.1) is 0 Å². The lowest BCUT2D eigenvalue weighted by Crippen LogP contribution is -2.32. The first-order valence-corrected chi connectivity index (χ1v) is 6.63. The Morgan fingerprint density at radius 2 is 1.76 bits per heavy atom. The van der Waals surface area contributed by atoms with Crippen LogP contribution in [0.3, 0.4) is 0 Å². The molecular weight excluding hydrogens is 226 g/mol. The third kappa shape index (κ3) is 1.96. The molecule has 0 fully saturated rings. The second-order valence-corrected chi connectivity index (χ2v) is 5.13. The quantitative estimate of drug-likeness (QED) is 0.603. The third-order valence-corrected chi connectivity index (χ3v) is 4.04. The van der Waals surface area contributed by atoms with Crippen molar-refractivity contribution in [2.75, 3.05) is 0 Å². The lowest BCUT2D eigenvalue weighted by molar-refractivity contribution is -0.658. The molecule has 3 aromatic rings. The van der Waals surface area contributed by atoms with Gasteiger partial charge in [0, 0.05) is 11.6 Å². The van der Waals surface area contributed by atoms with Crippen molar-refractivity contribution in [1.29, 1.82) is 0 Å². The number of fused-ring (bicyclic) bond motifs is 1. The molecule has 0 radical (unpaired) electrons. The van der Waals surface area contributed by atoms with E-state index in [0.29, 0.717) is 0 Å². The summed E-state index contributed by atoms with van der Waals surface area (Å²) >= 11 is 1.80. The van der Waals surface area contributed by atoms with E-state index in [-0.39, 0.29) is 0 Å². The fraction of sp³-hybridized carbons (Fsp3) is 0.133. The minimum absolute atomic E-state index is 0.955. The van der Waals surface area contributed by atoms with Crippen molar-refractivity contribution >= 4 is 21.6 Å². The van der Waals surface area contributed by atoms with Crippen LogP contribution >= 0.6 is 11.3 Å². The van der Waals surface area contributed by atoms with Crippen LogP contribution in [0.5, 0.6) is 0 Å². The Hall–Kier alpha value is -1.67. The molecular formula is C15H14NS+. The van der Waals surface area contributed by atoms with Gasteiger partial charge in [-0.05, 0) is 18.6 Å². The van der Waals surface area contributed by atoms with Crippen molar-refractivity contribution in [3.63, 3.8) is 0 Å². The number of thiazole rings is 1. The highest BCUT2D eigenvalue weighted by Crippen LogP contribution is 2.16. The van der Waals surface area contributed by atoms with Crippen LogP contribution in [0.4, 0.5) is 0 Å². The summed E-state index contributed by atoms with van der Waals surface area (Å²) in [4.78, 5) is 0. The zero-order chi connectivity index (χ0) is 11.7. The molecule has 0 aliphatic carbocycles. The highest BCUT2D eigenvalue weighted by molar-refractivity contribution is 7.16. The van der Waals surface area contributed by atoms with Crippen LogP contribution in [-0.4, -0.2) is 0 Å². The number of aromatic nitrogens is 1. The summed E-state index contributed by atoms with van der Waals surface area (Å²) in [6.45, 7) is 3.13. The van der Waals surface area contributed by atoms with E-state index >= 15 is 0 Å². The SMILES string of the molecule is Cc1ccccc1C[n+]1csc2ccccc21. The molecule has 0 unspecified atom stereocenters. The molecule has 0 bridgehead atoms. The maximum absolute atomic E-state index is 2.32. The van der Waals surface area contributed by atoms with Crippen molar-refractivity contribution in [3.8, 4) is 0 Å². The normalized spacial score (nSPS) is 10.9. The van der Waals surface area contributed by atoms with E-state index in [1.54, 1.807) is 11.3 Å². The van der Waals surface area contributed by atoms with Crippen LogP contribution < -0.4 is 4.57 Å². The maximum atomic E-state index is 2.32. The highest BCUT2D eigenvalue weighted by Gasteiger charge is 2.12. The van der Waals surface area contributed by atoms with Crippen molar-refractivity contribution in [2.24, 2.45) is 0 Å². The van der Waals surface area contributed by atoms with Crippen LogP contribution in [0.25, 0.3) is 10.2 Å². The fourth-order valence-corrected chi connectivity index (χ4v) is 2.96. The number of benzene rings is 2. The van der Waals surface area contributed by atoms with Crippen molar-refractivity contribution in [3.05, 3.63) is 65.2 Å². The molecule has 84 valence electrons. The third-order valence-electron chi connectivity index (χ3n) is 3.08. The summed E-state index contributed by atoms with van der Waals surface area (Å²) in [5.41, 5.74) is 6.27. The summed E-state index contributed by atoms with van der Waals surface area (Å²) in [6, 6.07) is 17.1. The standard InChI is InChI=1S/C15H14NS/c1-12-6-2-3-7-13(12)10-16-11-17-15-9-5-4-8-14(15)16/h2-9,11H,10H2,1H3/q+1. The molecule has 0 saturated carbocycles. The van der Waals surface area contributed by atoms with Crippen molar-refractivity contribution < 1.29 is 4.57 Å². The second kappa shape index (κ2) is 4.30. The Labute approximate surface area is 105 Å². The van der Waals surface area contributed by atoms with Gasteiger partial charge in [0.25, 0.3) is 0 Å². The Morgan fingerprint density at radius 3 is 2.65 bits per heavy atom. The zero-order valence-electron chi connectivity index (χ0n) is 9.76. The van der Waals surface area contributed by atoms with Crippen molar-refractivity contribution in [2.45, 2.75) is 13.5 Å². The first-order valence-electron chi connectivity index (χ1n) is 5.75. The number of rotatable bonds is 2. The summed E-state index contributed by atoms with van der Waals surface area (Å²) in [6.07, 6.45) is 0. The average Bonchev–Trinajstić information content (AvgIpc) is 2.76. The zero-order valence-corrected chi connectivity index (χ0v) is 10.6. The van der Waals surface area contributed by atoms with Gasteiger partial charge in [0.2, 0.25) is 11.0 Å². The van der Waals surface area contributed by atoms with E-state index in [0.717, 1.165) is 6.54 Å². The summed E-state index contributed by atoms with van der Waals surface area (Å²) in [7, 11) is 0. The fourth-order valence-electron chi connectivity index (χ4n) is 2.06. The van der Waals surface area contributed by atoms with Gasteiger partial charge < -0.3 is 0 Å². The summed E-state index contributed by atoms with van der Waals surface area (Å²) < 4.78 is 3.67. The second-order valence-electron chi connectivity index (χ2n) is 4.25. The van der Waals surface area contributed by atoms with Crippen LogP contribution in [0.1, 0.15) is 11.1 Å². The Kier molecular flexibility index (Phi) is 2.65. The molecule has 1 aromatic heterocycles. The van der Waals surface area contributed by atoms with E-state index in [9.17, 15) is 0 Å². The van der Waals surface area contributed by atoms with E-state index in [4.69, 9.17) is 0 Å². The maximum Gasteiger partial charge on any atom is 0.226 e. The molecule has 0 saturated heterocycles. The van der Waals surface area contributed by atoms with Gasteiger partial charge >= 0.3 is 0 Å². The summed E-state index contributed by atoms with van der Waals surface area (Å²) in [5.74, 6) is 0. The smallest absolute Gasteiger partial charge is 0.184 e. The van der Waals surface area contributed by atoms with Gasteiger partial charge in [-0.3, -0.25) is 0 Å². The Bertz CT molecular complexity index is 655. The van der Waals surface area contributed by atoms with Crippen LogP contribution in [0, 0.1) is 6.92 Å². The molecule has 0 aliphatic heterocycles. The molecule has 17 heavy (non-hydrogen) atoms. The molecule has 1 nitrogen and oxygen atoms in total. The Morgan fingerprint density at radius 1 is 1.00 bits per heavy atom. The van der Waals surface area contributed by atoms with Gasteiger partial charge in [0.15, 0.2) is 6.54 Å². The van der Waals surface area contributed by atoms with Gasteiger partial charge in [0.1, 0.15) is 4.70 Å². The number of aryl methyl sites for hydroxylation is 1. The van der Waals surface area contributed by atoms with Gasteiger partial charge in [-0.15, -0.1) is 0 Å². The predicted molar refractivity (Wildman–Crippen MR) is 72.3 cm³/mol. The Balaban J connectivity index is 2.03. The molecule has 0 N–H and O–H groups in total. The van der Waals surface area contributed by atoms with Crippen LogP contribution in [-0.2, 0) is 6.54 Å². The van der Waals surface area contributed by atoms with Gasteiger partial charge in [-0.2, -0.15) is 4.57 Å². The molecule has 0 amide bonds. The minimum Gasteiger partial charge on any atom is -0.184 e. The predicted octanol–water partition coefficient (Wildman–Crippen LogP) is 3.55. The van der Waals surface area contributed by atoms with E-state index in [1.165, 1.54) is 21.3 Å². The topological polar surface area (TPSA) is 3.88 Å². The summed E-state index contributed by atoms with van der Waals surface area (Å²) in [5, 5.41) is 0. The van der Waals surface area contributed by atoms with Crippen LogP contribution in [0.2, 0.25) is 0 Å². The molecule has 0 spiro atoms. The van der Waals surface area contributed by atoms with E-state index in [1.807, 2.05) is 0 Å². The first-order chi connectivity index (χ1) is 8.34. The molecule has 0 atom stereocenters. The van der Waals surface area contributed by atoms with E-state index < -0.39 is 0 Å². The van der Waals surface area contributed by atoms with Crippen molar-refractivity contribution in [1.82, 2.24) is 0 Å². The van der Waals surface area contributed by atoms with Gasteiger partial charge in [-0.1, -0.05) is 47.7 Å². The molecule has 2 heteroatoms. The number of nitrogens with zero attached hydrogens (tertiary/aromatic N) is 1. The van der Waals surface area contributed by atoms with Gasteiger partial charge in [-0.25, -0.2) is 0 Å². The minimum atomic E-state index is 0.955. The molecule has 0 aliphatic rings. The van der Waals surface area contributed by atoms with Crippen LogP contribution in [0.15, 0.2) is 54.0 Å². The van der Waals surface area contributed by atoms with E-state index in [2.05, 4.69) is 65.5 Å². The molecule has 3 rings (SSSR count). The largest absolute Gasteiger partial charge is 0.226 e. The highest BCUT2D eigenvalue weighted by atomic mass is 32.1. The number of para-hydroxylation sites is 1. The lowest BCUT2D eigenvalue weighted by atomic mass is 10.1. The molecule has 2 aromatic carbocycles. The molecule has 1 heterocycles. The average molecular weight is 240 g/mol. The monoisotopic (exact) mass is 240 g/mol. The number of hydrogen-bond donors (Lipinski definition) is 0. The lowest BCUT2D eigenvalue weighted by Gasteiger charge is -2.00.